The van der Waals surface area contributed by atoms with E-state index in [2.05, 4.69) is 25.2 Å². The van der Waals surface area contributed by atoms with Crippen molar-refractivity contribution in [2.45, 2.75) is 39.0 Å². The first-order chi connectivity index (χ1) is 4.93. The molecule has 0 nitrogen and oxygen atoms in total. The smallest absolute Gasteiger partial charge is 0 e. The molecule has 0 aromatic rings. The predicted octanol–water partition coefficient (Wildman–Crippen LogP) is 3.68. The number of rotatable bonds is 4. The molecule has 0 unspecified atom stereocenters. The van der Waals surface area contributed by atoms with E-state index < -0.39 is 0 Å². The fourth-order valence-corrected chi connectivity index (χ4v) is 1.19. The molecule has 0 heterocycles. The summed E-state index contributed by atoms with van der Waals surface area (Å²) in [5, 5.41) is 0. The Morgan fingerprint density at radius 1 is 1.42 bits per heavy atom. The van der Waals surface area contributed by atoms with Crippen LogP contribution < -0.4 is 0 Å². The molecule has 0 fully saturated rings. The van der Waals surface area contributed by atoms with Crippen molar-refractivity contribution < 1.29 is 26.2 Å². The Hall–Kier alpha value is 0.653. The van der Waals surface area contributed by atoms with Gasteiger partial charge in [0.15, 0.2) is 0 Å². The van der Waals surface area contributed by atoms with Crippen molar-refractivity contribution in [3.63, 3.8) is 0 Å². The van der Waals surface area contributed by atoms with Crippen LogP contribution in [-0.4, -0.2) is 0 Å². The van der Waals surface area contributed by atoms with Gasteiger partial charge in [-0.25, -0.2) is 11.6 Å². The fraction of sp³-hybridized carbons (Fsp3) is 0.600. The van der Waals surface area contributed by atoms with Crippen molar-refractivity contribution in [1.29, 1.82) is 0 Å². The molecule has 0 aromatic heterocycles. The molecule has 12 heavy (non-hydrogen) atoms. The second-order valence-electron chi connectivity index (χ2n) is 2.79. The maximum absolute atomic E-state index is 3.18. The Morgan fingerprint density at radius 2 is 2.17 bits per heavy atom. The van der Waals surface area contributed by atoms with Crippen LogP contribution in [0.2, 0.25) is 0 Å². The van der Waals surface area contributed by atoms with E-state index in [4.69, 9.17) is 0 Å². The molecule has 0 saturated heterocycles. The van der Waals surface area contributed by atoms with Crippen molar-refractivity contribution in [3.8, 4) is 0 Å². The molecule has 0 bridgehead atoms. The van der Waals surface area contributed by atoms with Crippen molar-refractivity contribution in [3.05, 3.63) is 23.8 Å². The maximum atomic E-state index is 3.18. The van der Waals surface area contributed by atoms with E-state index in [9.17, 15) is 0 Å². The second kappa shape index (κ2) is 9.74. The van der Waals surface area contributed by atoms with Crippen molar-refractivity contribution >= 4 is 12.4 Å². The number of allylic oxidation sites excluding steroid dienone is 4. The van der Waals surface area contributed by atoms with Crippen LogP contribution >= 0.6 is 12.4 Å². The summed E-state index contributed by atoms with van der Waals surface area (Å²) in [4.78, 5) is 0. The van der Waals surface area contributed by atoms with Crippen LogP contribution in [0.25, 0.3) is 0 Å². The maximum Gasteiger partial charge on any atom is 0 e. The zero-order chi connectivity index (χ0) is 7.23. The van der Waals surface area contributed by atoms with Crippen molar-refractivity contribution in [1.82, 2.24) is 0 Å². The average molecular weight is 263 g/mol. The summed E-state index contributed by atoms with van der Waals surface area (Å²) < 4.78 is 0. The monoisotopic (exact) mass is 261 g/mol. The van der Waals surface area contributed by atoms with Gasteiger partial charge < -0.3 is 0 Å². The number of halogens is 1. The molecular formula is C10H16ClZr-. The van der Waals surface area contributed by atoms with Gasteiger partial charge in [0.05, 0.1) is 0 Å². The molecule has 0 atom stereocenters. The first-order valence-electron chi connectivity index (χ1n) is 4.19. The molecule has 1 aliphatic rings. The van der Waals surface area contributed by atoms with E-state index in [1.54, 1.807) is 0 Å². The van der Waals surface area contributed by atoms with Crippen LogP contribution in [-0.2, 0) is 26.2 Å². The third-order valence-corrected chi connectivity index (χ3v) is 1.84. The van der Waals surface area contributed by atoms with E-state index >= 15 is 0 Å². The van der Waals surface area contributed by atoms with E-state index in [1.807, 2.05) is 0 Å². The van der Waals surface area contributed by atoms with Gasteiger partial charge in [-0.3, -0.25) is 6.08 Å². The van der Waals surface area contributed by atoms with Crippen LogP contribution in [0.3, 0.4) is 0 Å². The summed E-state index contributed by atoms with van der Waals surface area (Å²) in [5.41, 5.74) is 1.49. The molecule has 0 aliphatic heterocycles. The summed E-state index contributed by atoms with van der Waals surface area (Å²) >= 11 is 0. The van der Waals surface area contributed by atoms with Gasteiger partial charge in [0.1, 0.15) is 0 Å². The quantitative estimate of drug-likeness (QED) is 0.536. The van der Waals surface area contributed by atoms with E-state index in [1.165, 1.54) is 31.3 Å². The van der Waals surface area contributed by atoms with Gasteiger partial charge in [0.2, 0.25) is 0 Å². The minimum absolute atomic E-state index is 0. The first-order valence-corrected chi connectivity index (χ1v) is 4.19. The SMILES string of the molecule is CCCCCC1=CC[C-]=C1.Cl.[Zr]. The topological polar surface area (TPSA) is 0 Å². The summed E-state index contributed by atoms with van der Waals surface area (Å²) in [6.45, 7) is 2.24. The third kappa shape index (κ3) is 6.20. The van der Waals surface area contributed by atoms with Crippen LogP contribution in [0, 0.1) is 6.08 Å². The van der Waals surface area contributed by atoms with E-state index in [-0.39, 0.29) is 38.6 Å². The molecule has 1 rings (SSSR count). The molecule has 0 N–H and O–H groups in total. The molecule has 0 saturated carbocycles. The third-order valence-electron chi connectivity index (χ3n) is 1.84. The van der Waals surface area contributed by atoms with Gasteiger partial charge in [0, 0.05) is 26.2 Å². The summed E-state index contributed by atoms with van der Waals surface area (Å²) in [6, 6.07) is 0. The van der Waals surface area contributed by atoms with Crippen LogP contribution in [0.15, 0.2) is 17.7 Å². The minimum Gasteiger partial charge on any atom is -0.273 e. The largest absolute Gasteiger partial charge is 0.273 e. The number of hydrogen-bond donors (Lipinski definition) is 0. The van der Waals surface area contributed by atoms with Crippen LogP contribution in [0.1, 0.15) is 39.0 Å². The Morgan fingerprint density at radius 3 is 2.67 bits per heavy atom. The summed E-state index contributed by atoms with van der Waals surface area (Å²) in [6.07, 6.45) is 13.9. The molecule has 0 radical (unpaired) electrons. The van der Waals surface area contributed by atoms with Crippen molar-refractivity contribution in [2.75, 3.05) is 0 Å². The van der Waals surface area contributed by atoms with Gasteiger partial charge in [-0.1, -0.05) is 32.6 Å². The molecule has 2 heteroatoms. The number of hydrogen-bond acceptors (Lipinski definition) is 0. The zero-order valence-corrected chi connectivity index (χ0v) is 10.9. The molecule has 68 valence electrons. The number of unbranched alkanes of at least 4 members (excludes halogenated alkanes) is 2. The van der Waals surface area contributed by atoms with Gasteiger partial charge in [-0.15, -0.1) is 18.8 Å². The molecule has 0 amide bonds. The Bertz CT molecular complexity index is 150. The average Bonchev–Trinajstić information content (AvgIpc) is 2.41. The normalized spacial score (nSPS) is 13.2. The molecule has 0 aromatic carbocycles. The van der Waals surface area contributed by atoms with Gasteiger partial charge in [0.25, 0.3) is 0 Å². The van der Waals surface area contributed by atoms with Gasteiger partial charge in [-0.2, -0.15) is 6.08 Å². The van der Waals surface area contributed by atoms with Crippen LogP contribution in [0.4, 0.5) is 0 Å². The molecule has 0 spiro atoms. The Kier molecular flexibility index (Phi) is 12.3. The second-order valence-corrected chi connectivity index (χ2v) is 2.79. The van der Waals surface area contributed by atoms with Crippen LogP contribution in [0.5, 0.6) is 0 Å². The fourth-order valence-electron chi connectivity index (χ4n) is 1.19. The molecule has 1 aliphatic carbocycles. The predicted molar refractivity (Wildman–Crippen MR) is 51.9 cm³/mol. The zero-order valence-electron chi connectivity index (χ0n) is 7.60. The Labute approximate surface area is 101 Å². The van der Waals surface area contributed by atoms with E-state index in [0.29, 0.717) is 0 Å². The Balaban J connectivity index is 0. The van der Waals surface area contributed by atoms with E-state index in [0.717, 1.165) is 6.42 Å². The minimum atomic E-state index is 0. The van der Waals surface area contributed by atoms with Gasteiger partial charge in [-0.05, 0) is 0 Å². The first kappa shape index (κ1) is 15.1. The standard InChI is InChI=1S/C10H15.ClH.Zr/c1-2-3-4-7-10-8-5-6-9-10;;/h8-9H,2-5,7H2,1H3;1H;/q-1;;. The van der Waals surface area contributed by atoms with Crippen molar-refractivity contribution in [2.24, 2.45) is 0 Å². The molecular weight excluding hydrogens is 247 g/mol. The summed E-state index contributed by atoms with van der Waals surface area (Å²) in [7, 11) is 0. The summed E-state index contributed by atoms with van der Waals surface area (Å²) in [5.74, 6) is 0. The van der Waals surface area contributed by atoms with Gasteiger partial charge >= 0.3 is 0 Å².